The number of hydrogen-bond acceptors (Lipinski definition) is 5. The van der Waals surface area contributed by atoms with Gasteiger partial charge >= 0.3 is 0 Å². The van der Waals surface area contributed by atoms with Crippen molar-refractivity contribution < 1.29 is 19.1 Å². The SMILES string of the molecule is COc1ccccc1Oc1cccc(CN2CCC(NC(=O)C(CCC(=O)N(C)C)C3=CCC=CC=C3)CC2)c1. The molecule has 1 fully saturated rings. The molecule has 0 bridgehead atoms. The lowest BCUT2D eigenvalue weighted by atomic mass is 9.91. The Kier molecular flexibility index (Phi) is 10.6. The van der Waals surface area contributed by atoms with E-state index in [0.29, 0.717) is 24.3 Å². The number of nitrogens with one attached hydrogen (secondary N) is 1. The molecule has 1 aliphatic heterocycles. The number of allylic oxidation sites excluding steroid dienone is 5. The summed E-state index contributed by atoms with van der Waals surface area (Å²) in [5.41, 5.74) is 2.17. The van der Waals surface area contributed by atoms with Crippen molar-refractivity contribution in [2.24, 2.45) is 5.92 Å². The minimum Gasteiger partial charge on any atom is -0.493 e. The van der Waals surface area contributed by atoms with E-state index in [-0.39, 0.29) is 23.8 Å². The van der Waals surface area contributed by atoms with Crippen molar-refractivity contribution in [1.82, 2.24) is 15.1 Å². The first-order valence-corrected chi connectivity index (χ1v) is 14.1. The van der Waals surface area contributed by atoms with Gasteiger partial charge in [0.25, 0.3) is 0 Å². The number of hydrogen-bond donors (Lipinski definition) is 1. The standard InChI is InChI=1S/C33H41N3O4/c1-35(2)32(37)18-17-29(26-12-6-4-5-7-13-26)33(38)34-27-19-21-36(22-20-27)24-25-11-10-14-28(23-25)40-31-16-9-8-15-30(31)39-3/h4-6,8-16,23,27,29H,7,17-22,24H2,1-3H3,(H,34,38). The Labute approximate surface area is 238 Å². The summed E-state index contributed by atoms with van der Waals surface area (Å²) in [6.45, 7) is 2.63. The van der Waals surface area contributed by atoms with Crippen LogP contribution in [-0.4, -0.2) is 62.0 Å². The third kappa shape index (κ3) is 8.33. The van der Waals surface area contributed by atoms with Crippen molar-refractivity contribution in [2.75, 3.05) is 34.3 Å². The zero-order valence-corrected chi connectivity index (χ0v) is 23.8. The number of rotatable bonds is 11. The molecule has 7 heteroatoms. The van der Waals surface area contributed by atoms with E-state index in [9.17, 15) is 9.59 Å². The Hall–Kier alpha value is -3.84. The fourth-order valence-electron chi connectivity index (χ4n) is 5.13. The van der Waals surface area contributed by atoms with Crippen molar-refractivity contribution in [3.63, 3.8) is 0 Å². The van der Waals surface area contributed by atoms with Gasteiger partial charge in [-0.1, -0.05) is 54.6 Å². The van der Waals surface area contributed by atoms with Crippen molar-refractivity contribution in [3.8, 4) is 17.2 Å². The summed E-state index contributed by atoms with van der Waals surface area (Å²) >= 11 is 0. The lowest BCUT2D eigenvalue weighted by molar-refractivity contribution is -0.129. The zero-order chi connectivity index (χ0) is 28.3. The monoisotopic (exact) mass is 543 g/mol. The van der Waals surface area contributed by atoms with Crippen LogP contribution in [0.2, 0.25) is 0 Å². The highest BCUT2D eigenvalue weighted by Crippen LogP contribution is 2.31. The maximum absolute atomic E-state index is 13.4. The van der Waals surface area contributed by atoms with Crippen LogP contribution in [0.1, 0.15) is 37.7 Å². The van der Waals surface area contributed by atoms with Gasteiger partial charge in [-0.2, -0.15) is 0 Å². The highest BCUT2D eigenvalue weighted by Gasteiger charge is 2.27. The fourth-order valence-corrected chi connectivity index (χ4v) is 5.13. The molecule has 2 aromatic carbocycles. The molecule has 212 valence electrons. The lowest BCUT2D eigenvalue weighted by Crippen LogP contribution is -2.46. The Balaban J connectivity index is 1.31. The lowest BCUT2D eigenvalue weighted by Gasteiger charge is -2.33. The molecule has 1 heterocycles. The molecule has 0 spiro atoms. The van der Waals surface area contributed by atoms with Gasteiger partial charge in [-0.25, -0.2) is 0 Å². The number of para-hydroxylation sites is 2. The van der Waals surface area contributed by atoms with E-state index in [1.165, 1.54) is 5.56 Å². The third-order valence-corrected chi connectivity index (χ3v) is 7.43. The van der Waals surface area contributed by atoms with E-state index in [4.69, 9.17) is 9.47 Å². The van der Waals surface area contributed by atoms with E-state index in [0.717, 1.165) is 50.2 Å². The van der Waals surface area contributed by atoms with Gasteiger partial charge in [0.1, 0.15) is 5.75 Å². The number of ether oxygens (including phenoxy) is 2. The second-order valence-corrected chi connectivity index (χ2v) is 10.6. The molecule has 0 aromatic heterocycles. The number of amides is 2. The van der Waals surface area contributed by atoms with Crippen molar-refractivity contribution in [2.45, 2.75) is 44.7 Å². The van der Waals surface area contributed by atoms with E-state index in [1.54, 1.807) is 26.1 Å². The molecule has 1 N–H and O–H groups in total. The second kappa shape index (κ2) is 14.5. The molecule has 4 rings (SSSR count). The number of carbonyl (C=O) groups is 2. The average molecular weight is 544 g/mol. The number of piperidine rings is 1. The van der Waals surface area contributed by atoms with Gasteiger partial charge in [0.2, 0.25) is 11.8 Å². The molecule has 2 aliphatic rings. The topological polar surface area (TPSA) is 71.1 Å². The fraction of sp³-hybridized carbons (Fsp3) is 0.394. The van der Waals surface area contributed by atoms with Gasteiger partial charge in [-0.3, -0.25) is 14.5 Å². The van der Waals surface area contributed by atoms with E-state index in [2.05, 4.69) is 34.5 Å². The number of methoxy groups -OCH3 is 1. The summed E-state index contributed by atoms with van der Waals surface area (Å²) in [5.74, 6) is 1.90. The number of benzene rings is 2. The van der Waals surface area contributed by atoms with Crippen LogP contribution in [0.3, 0.4) is 0 Å². The van der Waals surface area contributed by atoms with Crippen LogP contribution >= 0.6 is 0 Å². The van der Waals surface area contributed by atoms with Crippen LogP contribution in [0, 0.1) is 5.92 Å². The molecular weight excluding hydrogens is 502 g/mol. The minimum absolute atomic E-state index is 0.0176. The van der Waals surface area contributed by atoms with E-state index < -0.39 is 0 Å². The predicted octanol–water partition coefficient (Wildman–Crippen LogP) is 5.50. The minimum atomic E-state index is -0.330. The predicted molar refractivity (Wildman–Crippen MR) is 158 cm³/mol. The first-order chi connectivity index (χ1) is 19.4. The quantitative estimate of drug-likeness (QED) is 0.406. The van der Waals surface area contributed by atoms with Crippen LogP contribution in [-0.2, 0) is 16.1 Å². The molecule has 2 aromatic rings. The number of likely N-dealkylation sites (tertiary alicyclic amines) is 1. The Morgan fingerprint density at radius 1 is 1.05 bits per heavy atom. The van der Waals surface area contributed by atoms with Crippen LogP contribution in [0.25, 0.3) is 0 Å². The van der Waals surface area contributed by atoms with Crippen LogP contribution in [0.15, 0.2) is 84.5 Å². The van der Waals surface area contributed by atoms with Gasteiger partial charge in [-0.05, 0) is 61.1 Å². The zero-order valence-electron chi connectivity index (χ0n) is 23.8. The van der Waals surface area contributed by atoms with Crippen LogP contribution in [0.5, 0.6) is 17.2 Å². The summed E-state index contributed by atoms with van der Waals surface area (Å²) in [5, 5.41) is 3.30. The van der Waals surface area contributed by atoms with Gasteiger partial charge in [0.05, 0.1) is 13.0 Å². The normalized spacial score (nSPS) is 16.5. The van der Waals surface area contributed by atoms with Crippen LogP contribution < -0.4 is 14.8 Å². The third-order valence-electron chi connectivity index (χ3n) is 7.43. The summed E-state index contributed by atoms with van der Waals surface area (Å²) in [6.07, 6.45) is 13.6. The summed E-state index contributed by atoms with van der Waals surface area (Å²) < 4.78 is 11.5. The number of carbonyl (C=O) groups excluding carboxylic acids is 2. The molecule has 1 atom stereocenters. The molecule has 7 nitrogen and oxygen atoms in total. The van der Waals surface area contributed by atoms with Crippen molar-refractivity contribution in [1.29, 1.82) is 0 Å². The van der Waals surface area contributed by atoms with Gasteiger partial charge in [0, 0.05) is 46.2 Å². The Morgan fingerprint density at radius 2 is 1.82 bits per heavy atom. The van der Waals surface area contributed by atoms with E-state index in [1.807, 2.05) is 54.6 Å². The molecule has 1 saturated heterocycles. The second-order valence-electron chi connectivity index (χ2n) is 10.6. The first-order valence-electron chi connectivity index (χ1n) is 14.1. The highest BCUT2D eigenvalue weighted by atomic mass is 16.5. The molecule has 1 unspecified atom stereocenters. The molecule has 2 amide bonds. The largest absolute Gasteiger partial charge is 0.493 e. The summed E-state index contributed by atoms with van der Waals surface area (Å²) in [7, 11) is 5.15. The molecule has 1 aliphatic carbocycles. The smallest absolute Gasteiger partial charge is 0.227 e. The molecule has 0 saturated carbocycles. The molecule has 0 radical (unpaired) electrons. The van der Waals surface area contributed by atoms with E-state index >= 15 is 0 Å². The highest BCUT2D eigenvalue weighted by molar-refractivity contribution is 5.84. The van der Waals surface area contributed by atoms with Gasteiger partial charge in [-0.15, -0.1) is 0 Å². The molecular formula is C33H41N3O4. The maximum Gasteiger partial charge on any atom is 0.227 e. The van der Waals surface area contributed by atoms with Gasteiger partial charge in [0.15, 0.2) is 11.5 Å². The summed E-state index contributed by atoms with van der Waals surface area (Å²) in [6, 6.07) is 15.9. The van der Waals surface area contributed by atoms with Crippen molar-refractivity contribution >= 4 is 11.8 Å². The number of nitrogens with zero attached hydrogens (tertiary/aromatic N) is 2. The van der Waals surface area contributed by atoms with Gasteiger partial charge < -0.3 is 19.7 Å². The first kappa shape index (κ1) is 29.2. The Morgan fingerprint density at radius 3 is 2.58 bits per heavy atom. The Bertz CT molecular complexity index is 1240. The van der Waals surface area contributed by atoms with Crippen molar-refractivity contribution in [3.05, 3.63) is 90.0 Å². The maximum atomic E-state index is 13.4. The molecule has 40 heavy (non-hydrogen) atoms. The summed E-state index contributed by atoms with van der Waals surface area (Å²) in [4.78, 5) is 29.7. The average Bonchev–Trinajstić information content (AvgIpc) is 3.24. The van der Waals surface area contributed by atoms with Crippen LogP contribution in [0.4, 0.5) is 0 Å².